The van der Waals surface area contributed by atoms with Crippen LogP contribution >= 0.6 is 0 Å². The zero-order valence-electron chi connectivity index (χ0n) is 50.0. The van der Waals surface area contributed by atoms with E-state index in [4.69, 9.17) is 14.2 Å². The van der Waals surface area contributed by atoms with E-state index in [-0.39, 0.29) is 31.1 Å². The molecule has 0 aromatic carbocycles. The van der Waals surface area contributed by atoms with Gasteiger partial charge in [-0.3, -0.25) is 14.4 Å². The first-order chi connectivity index (χ1) is 37.5. The van der Waals surface area contributed by atoms with Crippen molar-refractivity contribution in [3.8, 4) is 0 Å². The Morgan fingerprint density at radius 2 is 0.513 bits per heavy atom. The minimum atomic E-state index is -0.785. The molecule has 0 amide bonds. The highest BCUT2D eigenvalue weighted by Gasteiger charge is 2.19. The standard InChI is InChI=1S/C70H120O6/c1-4-7-10-13-16-19-22-25-27-29-30-31-32-33-34-35-36-37-38-39-40-41-43-45-48-51-54-57-60-63-69(72)75-66-67(65-74-68(71)62-59-56-53-50-47-44-24-21-18-15-12-9-6-3)76-70(73)64-61-58-55-52-49-46-42-28-26-23-20-17-14-11-8-5-2/h7,10,16,19,21,24-25,27,30-31,33-34,36-37,39-40,67H,4-6,8-9,11-15,17-18,20,22-23,26,28-29,32,35,38,41-66H2,1-3H3/b10-7-,19-16-,24-21-,27-25-,31-30-,34-33-,37-36-,40-39-. The molecule has 436 valence electrons. The first-order valence-corrected chi connectivity index (χ1v) is 32.2. The lowest BCUT2D eigenvalue weighted by molar-refractivity contribution is -0.167. The van der Waals surface area contributed by atoms with Crippen molar-refractivity contribution in [1.29, 1.82) is 0 Å². The fourth-order valence-electron chi connectivity index (χ4n) is 9.01. The van der Waals surface area contributed by atoms with Gasteiger partial charge in [0.2, 0.25) is 0 Å². The summed E-state index contributed by atoms with van der Waals surface area (Å²) in [4.78, 5) is 38.3. The average molecular weight is 1060 g/mol. The Balaban J connectivity index is 4.31. The van der Waals surface area contributed by atoms with Crippen LogP contribution in [-0.2, 0) is 28.6 Å². The zero-order chi connectivity index (χ0) is 55.0. The predicted octanol–water partition coefficient (Wildman–Crippen LogP) is 22.0. The van der Waals surface area contributed by atoms with Crippen molar-refractivity contribution < 1.29 is 28.6 Å². The molecule has 1 atom stereocenters. The SMILES string of the molecule is CC/C=C\C/C=C\C/C=C\C/C=C\C/C=C\C/C=C\C/C=C\CCCCCCCCCC(=O)OCC(COC(=O)CCCCCCC/C=C\CCCCCC)OC(=O)CCCCCCCCCCCCCCCCCC. The van der Waals surface area contributed by atoms with Crippen molar-refractivity contribution in [2.75, 3.05) is 13.2 Å². The van der Waals surface area contributed by atoms with E-state index in [0.29, 0.717) is 19.3 Å². The topological polar surface area (TPSA) is 78.9 Å². The molecule has 0 aromatic rings. The summed E-state index contributed by atoms with van der Waals surface area (Å²) in [5.74, 6) is -0.890. The molecule has 0 saturated carbocycles. The highest BCUT2D eigenvalue weighted by molar-refractivity contribution is 5.71. The summed E-state index contributed by atoms with van der Waals surface area (Å²) in [5, 5.41) is 0. The first kappa shape index (κ1) is 72.3. The van der Waals surface area contributed by atoms with E-state index in [1.54, 1.807) is 0 Å². The molecule has 0 heterocycles. The van der Waals surface area contributed by atoms with Crippen LogP contribution in [0.2, 0.25) is 0 Å². The lowest BCUT2D eigenvalue weighted by Gasteiger charge is -2.18. The van der Waals surface area contributed by atoms with Crippen LogP contribution in [0.4, 0.5) is 0 Å². The van der Waals surface area contributed by atoms with Gasteiger partial charge in [-0.05, 0) is 103 Å². The van der Waals surface area contributed by atoms with Crippen molar-refractivity contribution in [2.24, 2.45) is 0 Å². The number of hydrogen-bond acceptors (Lipinski definition) is 6. The predicted molar refractivity (Wildman–Crippen MR) is 330 cm³/mol. The van der Waals surface area contributed by atoms with Crippen molar-refractivity contribution in [1.82, 2.24) is 0 Å². The van der Waals surface area contributed by atoms with Crippen LogP contribution in [0.1, 0.15) is 310 Å². The number of unbranched alkanes of at least 4 members (excludes halogenated alkanes) is 31. The monoisotopic (exact) mass is 1060 g/mol. The molecule has 0 aliphatic heterocycles. The van der Waals surface area contributed by atoms with Gasteiger partial charge < -0.3 is 14.2 Å². The number of ether oxygens (including phenoxy) is 3. The fourth-order valence-corrected chi connectivity index (χ4v) is 9.01. The highest BCUT2D eigenvalue weighted by atomic mass is 16.6. The molecule has 0 aliphatic carbocycles. The van der Waals surface area contributed by atoms with Crippen molar-refractivity contribution >= 4 is 17.9 Å². The fraction of sp³-hybridized carbons (Fsp3) is 0.729. The molecule has 0 aliphatic rings. The Labute approximate surface area is 470 Å². The summed E-state index contributed by atoms with van der Waals surface area (Å²) >= 11 is 0. The molecule has 6 nitrogen and oxygen atoms in total. The largest absolute Gasteiger partial charge is 0.462 e. The van der Waals surface area contributed by atoms with Crippen LogP contribution in [0.15, 0.2) is 97.2 Å². The second-order valence-corrected chi connectivity index (χ2v) is 21.3. The van der Waals surface area contributed by atoms with Crippen molar-refractivity contribution in [2.45, 2.75) is 316 Å². The van der Waals surface area contributed by atoms with Crippen LogP contribution < -0.4 is 0 Å². The number of allylic oxidation sites excluding steroid dienone is 16. The summed E-state index contributed by atoms with van der Waals surface area (Å²) in [6.45, 7) is 6.52. The molecule has 76 heavy (non-hydrogen) atoms. The second-order valence-electron chi connectivity index (χ2n) is 21.3. The lowest BCUT2D eigenvalue weighted by Crippen LogP contribution is -2.30. The second kappa shape index (κ2) is 63.9. The molecule has 0 N–H and O–H groups in total. The van der Waals surface area contributed by atoms with Crippen LogP contribution in [0.3, 0.4) is 0 Å². The van der Waals surface area contributed by atoms with Crippen LogP contribution in [0, 0.1) is 0 Å². The molecular weight excluding hydrogens is 937 g/mol. The van der Waals surface area contributed by atoms with Gasteiger partial charge in [0.25, 0.3) is 0 Å². The Morgan fingerprint density at radius 3 is 0.829 bits per heavy atom. The van der Waals surface area contributed by atoms with E-state index in [1.165, 1.54) is 154 Å². The normalized spacial score (nSPS) is 12.7. The average Bonchev–Trinajstić information content (AvgIpc) is 3.42. The Bertz CT molecular complexity index is 1490. The Morgan fingerprint density at radius 1 is 0.276 bits per heavy atom. The minimum absolute atomic E-state index is 0.0825. The maximum atomic E-state index is 12.9. The number of esters is 3. The van der Waals surface area contributed by atoms with Crippen LogP contribution in [-0.4, -0.2) is 37.2 Å². The quantitative estimate of drug-likeness (QED) is 0.0261. The molecule has 1 unspecified atom stereocenters. The third kappa shape index (κ3) is 61.2. The van der Waals surface area contributed by atoms with Gasteiger partial charge in [0.05, 0.1) is 0 Å². The number of carbonyl (C=O) groups excluding carboxylic acids is 3. The number of carbonyl (C=O) groups is 3. The van der Waals surface area contributed by atoms with Crippen LogP contribution in [0.5, 0.6) is 0 Å². The molecule has 0 fully saturated rings. The maximum Gasteiger partial charge on any atom is 0.306 e. The van der Waals surface area contributed by atoms with Gasteiger partial charge >= 0.3 is 17.9 Å². The van der Waals surface area contributed by atoms with E-state index >= 15 is 0 Å². The molecule has 0 bridgehead atoms. The van der Waals surface area contributed by atoms with Gasteiger partial charge in [-0.2, -0.15) is 0 Å². The first-order valence-electron chi connectivity index (χ1n) is 32.2. The summed E-state index contributed by atoms with van der Waals surface area (Å²) < 4.78 is 16.9. The van der Waals surface area contributed by atoms with E-state index < -0.39 is 6.10 Å². The summed E-state index contributed by atoms with van der Waals surface area (Å²) in [6.07, 6.45) is 85.5. The van der Waals surface area contributed by atoms with E-state index in [9.17, 15) is 14.4 Å². The highest BCUT2D eigenvalue weighted by Crippen LogP contribution is 2.16. The lowest BCUT2D eigenvalue weighted by atomic mass is 10.0. The molecule has 0 radical (unpaired) electrons. The van der Waals surface area contributed by atoms with Gasteiger partial charge in [-0.15, -0.1) is 0 Å². The van der Waals surface area contributed by atoms with Gasteiger partial charge in [-0.25, -0.2) is 0 Å². The molecule has 0 rings (SSSR count). The summed E-state index contributed by atoms with van der Waals surface area (Å²) in [7, 11) is 0. The number of hydrogen-bond donors (Lipinski definition) is 0. The number of rotatable bonds is 58. The Hall–Kier alpha value is -3.67. The molecule has 0 aromatic heterocycles. The molecular formula is C70H120O6. The van der Waals surface area contributed by atoms with Gasteiger partial charge in [-0.1, -0.05) is 285 Å². The molecule has 0 spiro atoms. The minimum Gasteiger partial charge on any atom is -0.462 e. The van der Waals surface area contributed by atoms with Gasteiger partial charge in [0.1, 0.15) is 13.2 Å². The summed E-state index contributed by atoms with van der Waals surface area (Å²) in [6, 6.07) is 0. The van der Waals surface area contributed by atoms with Gasteiger partial charge in [0, 0.05) is 19.3 Å². The van der Waals surface area contributed by atoms with Crippen LogP contribution in [0.25, 0.3) is 0 Å². The maximum absolute atomic E-state index is 12.9. The van der Waals surface area contributed by atoms with E-state index in [2.05, 4.69) is 118 Å². The van der Waals surface area contributed by atoms with E-state index in [1.807, 2.05) is 0 Å². The van der Waals surface area contributed by atoms with Gasteiger partial charge in [0.15, 0.2) is 6.10 Å². The third-order valence-electron chi connectivity index (χ3n) is 13.8. The van der Waals surface area contributed by atoms with E-state index in [0.717, 1.165) is 116 Å². The summed E-state index contributed by atoms with van der Waals surface area (Å²) in [5.41, 5.74) is 0. The molecule has 6 heteroatoms. The Kier molecular flexibility index (Phi) is 60.8. The smallest absolute Gasteiger partial charge is 0.306 e. The zero-order valence-corrected chi connectivity index (χ0v) is 50.0. The van der Waals surface area contributed by atoms with Crippen molar-refractivity contribution in [3.05, 3.63) is 97.2 Å². The van der Waals surface area contributed by atoms with Crippen molar-refractivity contribution in [3.63, 3.8) is 0 Å². The third-order valence-corrected chi connectivity index (χ3v) is 13.8. The molecule has 0 saturated heterocycles.